The molecule has 1 aliphatic rings. The van der Waals surface area contributed by atoms with Gasteiger partial charge in [0.1, 0.15) is 0 Å². The van der Waals surface area contributed by atoms with Gasteiger partial charge < -0.3 is 0 Å². The van der Waals surface area contributed by atoms with Gasteiger partial charge in [-0.25, -0.2) is 0 Å². The highest BCUT2D eigenvalue weighted by Crippen LogP contribution is 2.06. The summed E-state index contributed by atoms with van der Waals surface area (Å²) in [6.07, 6.45) is 12.2. The van der Waals surface area contributed by atoms with Crippen LogP contribution in [0.1, 0.15) is 39.0 Å². The predicted molar refractivity (Wildman–Crippen MR) is 54.0 cm³/mol. The molecule has 1 aliphatic heterocycles. The Balaban J connectivity index is 2.10. The van der Waals surface area contributed by atoms with Crippen LogP contribution in [0.25, 0.3) is 0 Å². The maximum Gasteiger partial charge on any atom is 0.0555 e. The predicted octanol–water partition coefficient (Wildman–Crippen LogP) is 3.32. The maximum absolute atomic E-state index is 3.69. The minimum atomic E-state index is 1.06. The second-order valence-corrected chi connectivity index (χ2v) is 3.15. The van der Waals surface area contributed by atoms with Gasteiger partial charge in [0.15, 0.2) is 0 Å². The number of rotatable bonds is 5. The number of allylic oxidation sites excluding steroid dienone is 2. The topological polar surface area (TPSA) is 36.8 Å². The van der Waals surface area contributed by atoms with E-state index in [9.17, 15) is 0 Å². The van der Waals surface area contributed by atoms with Gasteiger partial charge >= 0.3 is 0 Å². The van der Waals surface area contributed by atoms with Crippen LogP contribution in [0.3, 0.4) is 0 Å². The maximum atomic E-state index is 3.69. The Kier molecular flexibility index (Phi) is 4.91. The van der Waals surface area contributed by atoms with Crippen LogP contribution < -0.4 is 5.43 Å². The van der Waals surface area contributed by atoms with E-state index in [0.717, 1.165) is 12.1 Å². The summed E-state index contributed by atoms with van der Waals surface area (Å²) in [5, 5.41) is 7.37. The zero-order chi connectivity index (χ0) is 9.36. The Labute approximate surface area is 79.6 Å². The standard InChI is InChI=1S/C10H17N3/c1-2-3-4-5-6-7-10-8-9-11-13-12-10/h7-9H,2-6H2,1H3,(H,11,12). The molecule has 0 amide bonds. The van der Waals surface area contributed by atoms with Gasteiger partial charge in [-0.1, -0.05) is 37.5 Å². The first-order chi connectivity index (χ1) is 6.43. The largest absolute Gasteiger partial charge is 0.260 e. The molecule has 0 saturated heterocycles. The third-order valence-corrected chi connectivity index (χ3v) is 1.98. The highest BCUT2D eigenvalue weighted by Gasteiger charge is 1.92. The highest BCUT2D eigenvalue weighted by molar-refractivity contribution is 5.16. The lowest BCUT2D eigenvalue weighted by molar-refractivity contribution is 0.670. The highest BCUT2D eigenvalue weighted by atomic mass is 15.4. The van der Waals surface area contributed by atoms with Gasteiger partial charge in [-0.05, 0) is 18.9 Å². The lowest BCUT2D eigenvalue weighted by Gasteiger charge is -2.02. The smallest absolute Gasteiger partial charge is 0.0555 e. The van der Waals surface area contributed by atoms with Crippen LogP contribution in [0.2, 0.25) is 0 Å². The van der Waals surface area contributed by atoms with E-state index in [2.05, 4.69) is 28.8 Å². The van der Waals surface area contributed by atoms with Crippen LogP contribution in [-0.4, -0.2) is 0 Å². The summed E-state index contributed by atoms with van der Waals surface area (Å²) in [7, 11) is 0. The molecule has 0 aromatic heterocycles. The number of hydrogen-bond donors (Lipinski definition) is 1. The van der Waals surface area contributed by atoms with Crippen molar-refractivity contribution in [1.29, 1.82) is 0 Å². The van der Waals surface area contributed by atoms with Crippen molar-refractivity contribution in [2.45, 2.75) is 39.0 Å². The third-order valence-electron chi connectivity index (χ3n) is 1.98. The molecule has 0 radical (unpaired) electrons. The Morgan fingerprint density at radius 2 is 2.31 bits per heavy atom. The molecule has 72 valence electrons. The van der Waals surface area contributed by atoms with Crippen molar-refractivity contribution >= 4 is 0 Å². The van der Waals surface area contributed by atoms with Gasteiger partial charge in [-0.3, -0.25) is 5.43 Å². The molecular weight excluding hydrogens is 162 g/mol. The van der Waals surface area contributed by atoms with Crippen LogP contribution >= 0.6 is 0 Å². The van der Waals surface area contributed by atoms with Crippen LogP contribution in [0.5, 0.6) is 0 Å². The quantitative estimate of drug-likeness (QED) is 0.646. The van der Waals surface area contributed by atoms with E-state index in [0.29, 0.717) is 0 Å². The van der Waals surface area contributed by atoms with Crippen LogP contribution in [0, 0.1) is 0 Å². The van der Waals surface area contributed by atoms with Gasteiger partial charge in [0, 0.05) is 0 Å². The van der Waals surface area contributed by atoms with E-state index >= 15 is 0 Å². The summed E-state index contributed by atoms with van der Waals surface area (Å²) in [4.78, 5) is 0. The van der Waals surface area contributed by atoms with Crippen LogP contribution in [0.4, 0.5) is 0 Å². The molecule has 1 heterocycles. The van der Waals surface area contributed by atoms with Gasteiger partial charge in [-0.15, -0.1) is 5.11 Å². The van der Waals surface area contributed by atoms with Crippen molar-refractivity contribution in [3.8, 4) is 0 Å². The van der Waals surface area contributed by atoms with Gasteiger partial charge in [0.2, 0.25) is 0 Å². The van der Waals surface area contributed by atoms with Crippen molar-refractivity contribution in [3.63, 3.8) is 0 Å². The molecule has 0 aromatic rings. The minimum absolute atomic E-state index is 1.06. The monoisotopic (exact) mass is 179 g/mol. The van der Waals surface area contributed by atoms with E-state index in [1.54, 1.807) is 6.20 Å². The van der Waals surface area contributed by atoms with Gasteiger partial charge in [0.25, 0.3) is 0 Å². The molecule has 0 unspecified atom stereocenters. The van der Waals surface area contributed by atoms with E-state index in [1.165, 1.54) is 25.7 Å². The Morgan fingerprint density at radius 1 is 1.38 bits per heavy atom. The first-order valence-electron chi connectivity index (χ1n) is 4.96. The molecule has 1 N–H and O–H groups in total. The lowest BCUT2D eigenvalue weighted by Crippen LogP contribution is -2.03. The zero-order valence-electron chi connectivity index (χ0n) is 8.16. The first-order valence-corrected chi connectivity index (χ1v) is 4.96. The summed E-state index contributed by atoms with van der Waals surface area (Å²) < 4.78 is 0. The Morgan fingerprint density at radius 3 is 3.00 bits per heavy atom. The van der Waals surface area contributed by atoms with Gasteiger partial charge in [-0.2, -0.15) is 0 Å². The SMILES string of the molecule is CCCCCCC=C1C=CN=NN1. The van der Waals surface area contributed by atoms with E-state index in [1.807, 2.05) is 6.08 Å². The number of hydrogen-bond acceptors (Lipinski definition) is 3. The average Bonchev–Trinajstić information content (AvgIpc) is 2.19. The zero-order valence-corrected chi connectivity index (χ0v) is 8.16. The normalized spacial score (nSPS) is 17.8. The summed E-state index contributed by atoms with van der Waals surface area (Å²) >= 11 is 0. The molecule has 0 aromatic carbocycles. The summed E-state index contributed by atoms with van der Waals surface area (Å²) in [5.74, 6) is 0. The number of nitrogens with one attached hydrogen (secondary N) is 1. The van der Waals surface area contributed by atoms with E-state index < -0.39 is 0 Å². The molecular formula is C10H17N3. The summed E-state index contributed by atoms with van der Waals surface area (Å²) in [6, 6.07) is 0. The molecule has 1 rings (SSSR count). The first kappa shape index (κ1) is 9.96. The van der Waals surface area contributed by atoms with Crippen molar-refractivity contribution in [3.05, 3.63) is 24.0 Å². The van der Waals surface area contributed by atoms with Crippen molar-refractivity contribution in [1.82, 2.24) is 5.43 Å². The van der Waals surface area contributed by atoms with E-state index in [4.69, 9.17) is 0 Å². The molecule has 13 heavy (non-hydrogen) atoms. The molecule has 0 saturated carbocycles. The van der Waals surface area contributed by atoms with Crippen LogP contribution in [0.15, 0.2) is 34.4 Å². The molecule has 3 heteroatoms. The van der Waals surface area contributed by atoms with Gasteiger partial charge in [0.05, 0.1) is 11.9 Å². The summed E-state index contributed by atoms with van der Waals surface area (Å²) in [5.41, 5.74) is 3.90. The second kappa shape index (κ2) is 6.40. The molecule has 3 nitrogen and oxygen atoms in total. The van der Waals surface area contributed by atoms with Crippen molar-refractivity contribution < 1.29 is 0 Å². The Bertz CT molecular complexity index is 216. The molecule has 0 atom stereocenters. The third kappa shape index (κ3) is 4.45. The summed E-state index contributed by atoms with van der Waals surface area (Å²) in [6.45, 7) is 2.23. The molecule has 0 bridgehead atoms. The minimum Gasteiger partial charge on any atom is -0.260 e. The lowest BCUT2D eigenvalue weighted by atomic mass is 10.1. The van der Waals surface area contributed by atoms with E-state index in [-0.39, 0.29) is 0 Å². The second-order valence-electron chi connectivity index (χ2n) is 3.15. The Hall–Kier alpha value is -1.12. The fourth-order valence-corrected chi connectivity index (χ4v) is 1.21. The van der Waals surface area contributed by atoms with Crippen molar-refractivity contribution in [2.24, 2.45) is 10.3 Å². The fourth-order valence-electron chi connectivity index (χ4n) is 1.21. The number of unbranched alkanes of at least 4 members (excludes halogenated alkanes) is 4. The molecule has 0 fully saturated rings. The molecule has 0 aliphatic carbocycles. The van der Waals surface area contributed by atoms with Crippen LogP contribution in [-0.2, 0) is 0 Å². The molecule has 0 spiro atoms. The fraction of sp³-hybridized carbons (Fsp3) is 0.600. The number of nitrogens with zero attached hydrogens (tertiary/aromatic N) is 2. The van der Waals surface area contributed by atoms with Crippen molar-refractivity contribution in [2.75, 3.05) is 0 Å². The average molecular weight is 179 g/mol.